The van der Waals surface area contributed by atoms with E-state index in [4.69, 9.17) is 4.74 Å². The number of fused-ring (bicyclic) bond motifs is 1. The fraction of sp³-hybridized carbons (Fsp3) is 0.440. The van der Waals surface area contributed by atoms with E-state index >= 15 is 0 Å². The Morgan fingerprint density at radius 2 is 1.69 bits per heavy atom. The van der Waals surface area contributed by atoms with Crippen LogP contribution >= 0.6 is 0 Å². The van der Waals surface area contributed by atoms with Crippen LogP contribution < -0.4 is 24.6 Å². The van der Waals surface area contributed by atoms with E-state index in [2.05, 4.69) is 32.6 Å². The summed E-state index contributed by atoms with van der Waals surface area (Å²) in [5, 5.41) is 5.26. The number of nitrogens with zero attached hydrogens (tertiary/aromatic N) is 3. The van der Waals surface area contributed by atoms with Crippen molar-refractivity contribution in [2.45, 2.75) is 12.8 Å². The zero-order valence-electron chi connectivity index (χ0n) is 20.7. The number of benzene rings is 2. The fourth-order valence-corrected chi connectivity index (χ4v) is 5.57. The molecule has 2 N–H and O–H groups in total. The topological polar surface area (TPSA) is 111 Å². The number of aryl methyl sites for hydroxylation is 1. The molecule has 0 radical (unpaired) electrons. The first-order valence-corrected chi connectivity index (χ1v) is 13.9. The molecular weight excluding hydrogens is 482 g/mol. The summed E-state index contributed by atoms with van der Waals surface area (Å²) in [4.78, 5) is 29.3. The van der Waals surface area contributed by atoms with Crippen LogP contribution in [-0.4, -0.2) is 84.3 Å². The summed E-state index contributed by atoms with van der Waals surface area (Å²) < 4.78 is 30.8. The fourth-order valence-electron chi connectivity index (χ4n) is 4.58. The van der Waals surface area contributed by atoms with Gasteiger partial charge in [0.2, 0.25) is 10.0 Å². The smallest absolute Gasteiger partial charge is 0.313 e. The highest BCUT2D eigenvalue weighted by Crippen LogP contribution is 2.31. The zero-order valence-corrected chi connectivity index (χ0v) is 21.5. The van der Waals surface area contributed by atoms with E-state index in [0.29, 0.717) is 31.0 Å². The molecule has 36 heavy (non-hydrogen) atoms. The summed E-state index contributed by atoms with van der Waals surface area (Å²) in [7, 11) is -1.77. The summed E-state index contributed by atoms with van der Waals surface area (Å²) in [6.45, 7) is 4.89. The van der Waals surface area contributed by atoms with E-state index in [1.165, 1.54) is 10.6 Å². The maximum atomic E-state index is 12.4. The van der Waals surface area contributed by atoms with Crippen LogP contribution in [0.3, 0.4) is 0 Å². The largest absolute Gasteiger partial charge is 0.497 e. The van der Waals surface area contributed by atoms with E-state index in [1.807, 2.05) is 12.1 Å². The van der Waals surface area contributed by atoms with Crippen LogP contribution in [0.2, 0.25) is 0 Å². The summed E-state index contributed by atoms with van der Waals surface area (Å²) in [5.74, 6) is -0.662. The monoisotopic (exact) mass is 515 g/mol. The number of carbonyl (C=O) groups is 2. The molecule has 2 aromatic carbocycles. The Hall–Kier alpha value is -3.31. The second-order valence-electron chi connectivity index (χ2n) is 9.02. The minimum atomic E-state index is -3.42. The first-order valence-electron chi connectivity index (χ1n) is 12.1. The molecule has 2 aromatic rings. The van der Waals surface area contributed by atoms with Crippen LogP contribution in [0.25, 0.3) is 0 Å². The van der Waals surface area contributed by atoms with Crippen molar-refractivity contribution in [3.05, 3.63) is 48.0 Å². The van der Waals surface area contributed by atoms with Gasteiger partial charge >= 0.3 is 11.8 Å². The van der Waals surface area contributed by atoms with Crippen LogP contribution in [0.5, 0.6) is 5.75 Å². The third-order valence-corrected chi connectivity index (χ3v) is 7.73. The number of hydrogen-bond donors (Lipinski definition) is 2. The zero-order chi connectivity index (χ0) is 25.7. The quantitative estimate of drug-likeness (QED) is 0.535. The molecule has 0 aromatic heterocycles. The number of hydrogen-bond acceptors (Lipinski definition) is 7. The number of amides is 2. The maximum absolute atomic E-state index is 12.4. The van der Waals surface area contributed by atoms with E-state index in [-0.39, 0.29) is 0 Å². The molecule has 0 bridgehead atoms. The summed E-state index contributed by atoms with van der Waals surface area (Å²) >= 11 is 0. The molecular formula is C25H33N5O5S. The molecule has 1 fully saturated rings. The number of rotatable bonds is 7. The molecule has 0 atom stereocenters. The van der Waals surface area contributed by atoms with Crippen molar-refractivity contribution < 1.29 is 22.7 Å². The molecule has 0 aliphatic carbocycles. The van der Waals surface area contributed by atoms with Crippen LogP contribution in [0, 0.1) is 0 Å². The minimum Gasteiger partial charge on any atom is -0.497 e. The molecule has 0 spiro atoms. The average Bonchev–Trinajstić information content (AvgIpc) is 2.88. The Labute approximate surface area is 212 Å². The Balaban J connectivity index is 1.22. The van der Waals surface area contributed by atoms with E-state index in [1.54, 1.807) is 25.3 Å². The van der Waals surface area contributed by atoms with Gasteiger partial charge in [0, 0.05) is 57.2 Å². The van der Waals surface area contributed by atoms with E-state index in [9.17, 15) is 18.0 Å². The van der Waals surface area contributed by atoms with Crippen molar-refractivity contribution in [1.82, 2.24) is 10.2 Å². The van der Waals surface area contributed by atoms with Gasteiger partial charge in [0.15, 0.2) is 0 Å². The van der Waals surface area contributed by atoms with Gasteiger partial charge in [-0.1, -0.05) is 6.07 Å². The van der Waals surface area contributed by atoms with Crippen LogP contribution in [0.15, 0.2) is 42.5 Å². The van der Waals surface area contributed by atoms with Crippen LogP contribution in [0.1, 0.15) is 12.0 Å². The van der Waals surface area contributed by atoms with Crippen LogP contribution in [0.4, 0.5) is 17.1 Å². The van der Waals surface area contributed by atoms with Gasteiger partial charge in [0.1, 0.15) is 5.75 Å². The van der Waals surface area contributed by atoms with Gasteiger partial charge in [0.25, 0.3) is 0 Å². The number of sulfonamides is 1. The number of methoxy groups -OCH3 is 1. The first kappa shape index (κ1) is 25.8. The second kappa shape index (κ2) is 11.2. The van der Waals surface area contributed by atoms with Gasteiger partial charge in [-0.2, -0.15) is 0 Å². The molecule has 10 nitrogen and oxygen atoms in total. The summed E-state index contributed by atoms with van der Waals surface area (Å²) in [6.07, 6.45) is 2.68. The Bertz CT molecular complexity index is 1190. The third-order valence-electron chi connectivity index (χ3n) is 6.55. The lowest BCUT2D eigenvalue weighted by molar-refractivity contribution is -0.136. The second-order valence-corrected chi connectivity index (χ2v) is 10.9. The Kier molecular flexibility index (Phi) is 8.00. The standard InChI is InChI=1S/C25H33N5O5S/c1-35-22-9-7-21(8-10-22)29-16-14-28(15-17-29)13-11-26-24(31)25(32)27-20-6-5-19-4-3-12-30(23(19)18-20)36(2,33)34/h5-10,18H,3-4,11-17H2,1-2H3,(H,26,31)(H,27,32). The van der Waals surface area contributed by atoms with Crippen molar-refractivity contribution in [2.75, 3.05) is 73.7 Å². The molecule has 0 saturated carbocycles. The van der Waals surface area contributed by atoms with Gasteiger partial charge in [-0.25, -0.2) is 8.42 Å². The maximum Gasteiger partial charge on any atom is 0.313 e. The predicted molar refractivity (Wildman–Crippen MR) is 140 cm³/mol. The van der Waals surface area contributed by atoms with Gasteiger partial charge in [0.05, 0.1) is 19.1 Å². The normalized spacial score (nSPS) is 16.3. The summed E-state index contributed by atoms with van der Waals surface area (Å²) in [5.41, 5.74) is 3.00. The molecule has 2 amide bonds. The molecule has 2 aliphatic heterocycles. The number of carbonyl (C=O) groups excluding carboxylic acids is 2. The van der Waals surface area contributed by atoms with Crippen molar-refractivity contribution >= 4 is 38.9 Å². The van der Waals surface area contributed by atoms with Gasteiger partial charge in [-0.15, -0.1) is 0 Å². The highest BCUT2D eigenvalue weighted by Gasteiger charge is 2.25. The predicted octanol–water partition coefficient (Wildman–Crippen LogP) is 1.28. The highest BCUT2D eigenvalue weighted by molar-refractivity contribution is 7.92. The Morgan fingerprint density at radius 3 is 2.36 bits per heavy atom. The van der Waals surface area contributed by atoms with Gasteiger partial charge < -0.3 is 20.3 Å². The molecule has 2 aliphatic rings. The van der Waals surface area contributed by atoms with Gasteiger partial charge in [-0.3, -0.25) is 18.8 Å². The van der Waals surface area contributed by atoms with Crippen molar-refractivity contribution in [3.63, 3.8) is 0 Å². The number of piperazine rings is 1. The minimum absolute atomic E-state index is 0.362. The number of anilines is 3. The van der Waals surface area contributed by atoms with E-state index < -0.39 is 21.8 Å². The number of nitrogens with one attached hydrogen (secondary N) is 2. The molecule has 4 rings (SSSR count). The van der Waals surface area contributed by atoms with Crippen molar-refractivity contribution in [2.24, 2.45) is 0 Å². The molecule has 2 heterocycles. The Morgan fingerprint density at radius 1 is 0.972 bits per heavy atom. The van der Waals surface area contributed by atoms with Crippen molar-refractivity contribution in [3.8, 4) is 5.75 Å². The molecule has 0 unspecified atom stereocenters. The van der Waals surface area contributed by atoms with E-state index in [0.717, 1.165) is 56.0 Å². The third kappa shape index (κ3) is 6.27. The highest BCUT2D eigenvalue weighted by atomic mass is 32.2. The molecule has 194 valence electrons. The lowest BCUT2D eigenvalue weighted by Crippen LogP contribution is -2.49. The average molecular weight is 516 g/mol. The van der Waals surface area contributed by atoms with Crippen LogP contribution in [-0.2, 0) is 26.0 Å². The first-order chi connectivity index (χ1) is 17.2. The number of ether oxygens (including phenoxy) is 1. The SMILES string of the molecule is COc1ccc(N2CCN(CCNC(=O)C(=O)Nc3ccc4c(c3)N(S(C)(=O)=O)CCC4)CC2)cc1. The summed E-state index contributed by atoms with van der Waals surface area (Å²) in [6, 6.07) is 13.1. The van der Waals surface area contributed by atoms with Crippen molar-refractivity contribution in [1.29, 1.82) is 0 Å². The van der Waals surface area contributed by atoms with Gasteiger partial charge in [-0.05, 0) is 54.8 Å². The molecule has 1 saturated heterocycles. The lowest BCUT2D eigenvalue weighted by Gasteiger charge is -2.36. The molecule has 11 heteroatoms. The lowest BCUT2D eigenvalue weighted by atomic mass is 10.0.